The summed E-state index contributed by atoms with van der Waals surface area (Å²) in [7, 11) is 0. The molecule has 1 aromatic heterocycles. The maximum atomic E-state index is 11.0. The number of benzene rings is 2. The summed E-state index contributed by atoms with van der Waals surface area (Å²) in [4.78, 5) is 11.0. The van der Waals surface area contributed by atoms with Crippen LogP contribution in [0.15, 0.2) is 40.9 Å². The summed E-state index contributed by atoms with van der Waals surface area (Å²) in [6, 6.07) is 10.4. The largest absolute Gasteiger partial charge is 0.507 e. The molecule has 0 unspecified atom stereocenters. The minimum atomic E-state index is -0.349. The number of hydroxylamine groups is 1. The average molecular weight is 460 g/mol. The first-order chi connectivity index (χ1) is 15.4. The second-order valence-corrected chi connectivity index (χ2v) is 7.90. The number of unbranched alkanes of at least 4 members (excludes halogenated alkanes) is 3. The number of aromatic hydroxyl groups is 2. The minimum Gasteiger partial charge on any atom is -0.507 e. The molecule has 1 amide bonds. The Morgan fingerprint density at radius 2 is 1.78 bits per heavy atom. The molecule has 9 heteroatoms. The van der Waals surface area contributed by atoms with Gasteiger partial charge in [0.25, 0.3) is 0 Å². The van der Waals surface area contributed by atoms with Gasteiger partial charge in [-0.2, -0.15) is 0 Å². The lowest BCUT2D eigenvalue weighted by Crippen LogP contribution is -2.17. The number of rotatable bonds is 10. The molecule has 3 aromatic rings. The van der Waals surface area contributed by atoms with Crippen molar-refractivity contribution in [3.63, 3.8) is 0 Å². The molecule has 0 bridgehead atoms. The van der Waals surface area contributed by atoms with E-state index >= 15 is 0 Å². The van der Waals surface area contributed by atoms with E-state index in [2.05, 4.69) is 10.5 Å². The van der Waals surface area contributed by atoms with Crippen LogP contribution in [0.2, 0.25) is 5.02 Å². The quantitative estimate of drug-likeness (QED) is 0.159. The molecule has 170 valence electrons. The second kappa shape index (κ2) is 10.9. The van der Waals surface area contributed by atoms with Gasteiger partial charge in [-0.05, 0) is 43.5 Å². The highest BCUT2D eigenvalue weighted by atomic mass is 35.5. The average Bonchev–Trinajstić information content (AvgIpc) is 3.16. The Bertz CT molecular complexity index is 1070. The summed E-state index contributed by atoms with van der Waals surface area (Å²) in [5.41, 5.74) is 5.23. The lowest BCUT2D eigenvalue weighted by Gasteiger charge is -2.09. The number of aromatic nitrogens is 1. The molecular weight excluding hydrogens is 434 g/mol. The standard InChI is InChI=1S/C23H26ClN3O5/c1-14-22(23(32-27-14)17-12-18(24)20(29)13-19(17)28)15-7-9-16(10-8-15)25-11-5-3-2-4-6-21(30)26-31/h7-10,12-13,25,28-29,31H,2-6,11H2,1H3,(H,26,30). The number of amides is 1. The van der Waals surface area contributed by atoms with E-state index in [0.29, 0.717) is 23.4 Å². The Labute approximate surface area is 190 Å². The number of phenols is 2. The predicted molar refractivity (Wildman–Crippen MR) is 122 cm³/mol. The summed E-state index contributed by atoms with van der Waals surface area (Å²) < 4.78 is 5.47. The van der Waals surface area contributed by atoms with E-state index in [1.165, 1.54) is 12.1 Å². The van der Waals surface area contributed by atoms with Crippen LogP contribution in [0.25, 0.3) is 22.5 Å². The molecule has 0 saturated carbocycles. The SMILES string of the molecule is Cc1noc(-c2cc(Cl)c(O)cc2O)c1-c1ccc(NCCCCCCC(=O)NO)cc1. The monoisotopic (exact) mass is 459 g/mol. The number of aryl methyl sites for hydroxylation is 1. The van der Waals surface area contributed by atoms with Crippen molar-refractivity contribution in [1.82, 2.24) is 10.6 Å². The number of hydrogen-bond acceptors (Lipinski definition) is 7. The number of nitrogens with one attached hydrogen (secondary N) is 2. The predicted octanol–water partition coefficient (Wildman–Crippen LogP) is 5.25. The van der Waals surface area contributed by atoms with Crippen molar-refractivity contribution >= 4 is 23.2 Å². The number of phenolic OH excluding ortho intramolecular Hbond substituents is 2. The van der Waals surface area contributed by atoms with Gasteiger partial charge >= 0.3 is 0 Å². The Balaban J connectivity index is 1.62. The fourth-order valence-corrected chi connectivity index (χ4v) is 3.60. The van der Waals surface area contributed by atoms with Crippen LogP contribution in [0.3, 0.4) is 0 Å². The molecule has 2 aromatic carbocycles. The maximum Gasteiger partial charge on any atom is 0.243 e. The van der Waals surface area contributed by atoms with Gasteiger partial charge in [0.05, 0.1) is 21.8 Å². The number of nitrogens with zero attached hydrogens (tertiary/aromatic N) is 1. The van der Waals surface area contributed by atoms with Crippen LogP contribution in [-0.4, -0.2) is 33.0 Å². The zero-order valence-electron chi connectivity index (χ0n) is 17.7. The first-order valence-corrected chi connectivity index (χ1v) is 10.7. The van der Waals surface area contributed by atoms with E-state index in [-0.39, 0.29) is 22.4 Å². The molecular formula is C23H26ClN3O5. The van der Waals surface area contributed by atoms with E-state index in [1.807, 2.05) is 31.2 Å². The summed E-state index contributed by atoms with van der Waals surface area (Å²) in [6.07, 6.45) is 3.98. The summed E-state index contributed by atoms with van der Waals surface area (Å²) >= 11 is 6.01. The van der Waals surface area contributed by atoms with Gasteiger partial charge in [-0.25, -0.2) is 5.48 Å². The zero-order valence-corrected chi connectivity index (χ0v) is 18.4. The molecule has 0 atom stereocenters. The molecule has 0 fully saturated rings. The molecule has 0 spiro atoms. The van der Waals surface area contributed by atoms with Crippen LogP contribution < -0.4 is 10.8 Å². The molecule has 0 aliphatic rings. The third kappa shape index (κ3) is 5.72. The van der Waals surface area contributed by atoms with E-state index in [4.69, 9.17) is 21.3 Å². The number of carbonyl (C=O) groups is 1. The number of carbonyl (C=O) groups excluding carboxylic acids is 1. The zero-order chi connectivity index (χ0) is 23.1. The first-order valence-electron chi connectivity index (χ1n) is 10.4. The molecule has 5 N–H and O–H groups in total. The topological polar surface area (TPSA) is 128 Å². The van der Waals surface area contributed by atoms with Crippen LogP contribution in [0.5, 0.6) is 11.5 Å². The van der Waals surface area contributed by atoms with Gasteiger partial charge in [0.1, 0.15) is 11.5 Å². The van der Waals surface area contributed by atoms with Crippen molar-refractivity contribution in [3.8, 4) is 33.9 Å². The summed E-state index contributed by atoms with van der Waals surface area (Å²) in [5.74, 6) is -0.341. The van der Waals surface area contributed by atoms with Gasteiger partial charge in [-0.15, -0.1) is 0 Å². The Morgan fingerprint density at radius 3 is 2.50 bits per heavy atom. The van der Waals surface area contributed by atoms with E-state index in [9.17, 15) is 15.0 Å². The molecule has 1 heterocycles. The maximum absolute atomic E-state index is 11.0. The van der Waals surface area contributed by atoms with Gasteiger partial charge < -0.3 is 20.1 Å². The first kappa shape index (κ1) is 23.4. The number of halogens is 1. The van der Waals surface area contributed by atoms with E-state index in [0.717, 1.165) is 49.0 Å². The second-order valence-electron chi connectivity index (χ2n) is 7.50. The molecule has 0 saturated heterocycles. The molecule has 3 rings (SSSR count). The van der Waals surface area contributed by atoms with E-state index in [1.54, 1.807) is 5.48 Å². The third-order valence-electron chi connectivity index (χ3n) is 5.13. The van der Waals surface area contributed by atoms with Gasteiger partial charge in [-0.1, -0.05) is 41.7 Å². The normalized spacial score (nSPS) is 10.8. The van der Waals surface area contributed by atoms with Gasteiger partial charge in [-0.3, -0.25) is 10.0 Å². The number of hydrogen-bond donors (Lipinski definition) is 5. The summed E-state index contributed by atoms with van der Waals surface area (Å²) in [5, 5.41) is 35.9. The van der Waals surface area contributed by atoms with Crippen molar-refractivity contribution in [3.05, 3.63) is 47.1 Å². The lowest BCUT2D eigenvalue weighted by atomic mass is 9.99. The molecule has 32 heavy (non-hydrogen) atoms. The molecule has 0 aliphatic heterocycles. The highest BCUT2D eigenvalue weighted by Crippen LogP contribution is 2.42. The van der Waals surface area contributed by atoms with Gasteiger partial charge in [0.2, 0.25) is 5.91 Å². The highest BCUT2D eigenvalue weighted by molar-refractivity contribution is 6.32. The Kier molecular flexibility index (Phi) is 7.97. The molecule has 0 aliphatic carbocycles. The highest BCUT2D eigenvalue weighted by Gasteiger charge is 2.21. The van der Waals surface area contributed by atoms with E-state index < -0.39 is 0 Å². The van der Waals surface area contributed by atoms with Crippen molar-refractivity contribution in [2.75, 3.05) is 11.9 Å². The Morgan fingerprint density at radius 1 is 1.06 bits per heavy atom. The van der Waals surface area contributed by atoms with Gasteiger partial charge in [0.15, 0.2) is 5.76 Å². The number of anilines is 1. The smallest absolute Gasteiger partial charge is 0.243 e. The molecule has 8 nitrogen and oxygen atoms in total. The summed E-state index contributed by atoms with van der Waals surface area (Å²) in [6.45, 7) is 2.63. The van der Waals surface area contributed by atoms with Crippen LogP contribution in [-0.2, 0) is 4.79 Å². The minimum absolute atomic E-state index is 0.106. The van der Waals surface area contributed by atoms with Crippen LogP contribution in [0.4, 0.5) is 5.69 Å². The lowest BCUT2D eigenvalue weighted by molar-refractivity contribution is -0.129. The van der Waals surface area contributed by atoms with Crippen LogP contribution in [0.1, 0.15) is 37.8 Å². The van der Waals surface area contributed by atoms with Gasteiger partial charge in [0, 0.05) is 24.7 Å². The fraction of sp³-hybridized carbons (Fsp3) is 0.304. The van der Waals surface area contributed by atoms with Crippen molar-refractivity contribution < 1.29 is 24.7 Å². The third-order valence-corrected chi connectivity index (χ3v) is 5.43. The fourth-order valence-electron chi connectivity index (χ4n) is 3.43. The van der Waals surface area contributed by atoms with Crippen LogP contribution >= 0.6 is 11.6 Å². The van der Waals surface area contributed by atoms with Crippen molar-refractivity contribution in [2.24, 2.45) is 0 Å². The van der Waals surface area contributed by atoms with Crippen LogP contribution in [0, 0.1) is 6.92 Å². The molecule has 0 radical (unpaired) electrons. The Hall–Kier alpha value is -3.23. The van der Waals surface area contributed by atoms with Crippen molar-refractivity contribution in [2.45, 2.75) is 39.0 Å². The van der Waals surface area contributed by atoms with Crippen molar-refractivity contribution in [1.29, 1.82) is 0 Å².